The molecule has 0 bridgehead atoms. The molecule has 0 aliphatic carbocycles. The summed E-state index contributed by atoms with van der Waals surface area (Å²) in [6.45, 7) is 4.03. The van der Waals surface area contributed by atoms with Crippen molar-refractivity contribution in [3.8, 4) is 5.75 Å². The highest BCUT2D eigenvalue weighted by atomic mass is 32.1. The lowest BCUT2D eigenvalue weighted by Gasteiger charge is -2.24. The van der Waals surface area contributed by atoms with Crippen LogP contribution in [-0.2, 0) is 20.9 Å². The number of ether oxygens (including phenoxy) is 2. The number of carbonyl (C=O) groups is 2. The van der Waals surface area contributed by atoms with Crippen molar-refractivity contribution in [1.82, 2.24) is 4.57 Å². The number of allylic oxidation sites excluding steroid dienone is 1. The standard InChI is InChI=1S/C32H27N3O5S/c1-4-40-31(38)25-19(2)33-32-35(27(25)21-14-16-22(39-3)17-15-21)30(37)28(41-32)26-23-12-8-9-13-24(23)34(29(26)36)18-20-10-6-5-7-11-20/h5-17,27H,4,18H2,1-3H3/b28-26-. The van der Waals surface area contributed by atoms with Crippen LogP contribution in [-0.4, -0.2) is 30.2 Å². The molecule has 206 valence electrons. The molecular formula is C32H27N3O5S. The van der Waals surface area contributed by atoms with E-state index in [1.165, 1.54) is 4.57 Å². The van der Waals surface area contributed by atoms with E-state index >= 15 is 0 Å². The average molecular weight is 566 g/mol. The van der Waals surface area contributed by atoms with E-state index in [1.807, 2.05) is 66.7 Å². The normalized spacial score (nSPS) is 17.2. The molecule has 1 unspecified atom stereocenters. The largest absolute Gasteiger partial charge is 0.497 e. The van der Waals surface area contributed by atoms with Gasteiger partial charge in [0.1, 0.15) is 10.3 Å². The van der Waals surface area contributed by atoms with Crippen LogP contribution in [0.4, 0.5) is 5.69 Å². The Balaban J connectivity index is 1.57. The number of anilines is 1. The van der Waals surface area contributed by atoms with Gasteiger partial charge in [0.05, 0.1) is 48.8 Å². The summed E-state index contributed by atoms with van der Waals surface area (Å²) in [4.78, 5) is 48.2. The Hall–Kier alpha value is -4.76. The number of methoxy groups -OCH3 is 1. The number of aromatic nitrogens is 1. The predicted molar refractivity (Wildman–Crippen MR) is 156 cm³/mol. The molecule has 6 rings (SSSR count). The zero-order chi connectivity index (χ0) is 28.7. The Labute approximate surface area is 240 Å². The Morgan fingerprint density at radius 3 is 2.39 bits per heavy atom. The topological polar surface area (TPSA) is 90.2 Å². The summed E-state index contributed by atoms with van der Waals surface area (Å²) in [5.41, 5.74) is 3.82. The molecule has 8 nitrogen and oxygen atoms in total. The second-order valence-electron chi connectivity index (χ2n) is 9.67. The van der Waals surface area contributed by atoms with Gasteiger partial charge in [-0.1, -0.05) is 72.0 Å². The van der Waals surface area contributed by atoms with Gasteiger partial charge < -0.3 is 14.4 Å². The molecule has 0 radical (unpaired) electrons. The van der Waals surface area contributed by atoms with Gasteiger partial charge in [-0.2, -0.15) is 0 Å². The van der Waals surface area contributed by atoms with Crippen LogP contribution >= 0.6 is 11.3 Å². The molecule has 4 aromatic rings. The van der Waals surface area contributed by atoms with Gasteiger partial charge in [-0.3, -0.25) is 14.2 Å². The summed E-state index contributed by atoms with van der Waals surface area (Å²) in [6, 6.07) is 23.7. The van der Waals surface area contributed by atoms with Gasteiger partial charge in [-0.15, -0.1) is 0 Å². The maximum atomic E-state index is 14.3. The smallest absolute Gasteiger partial charge is 0.338 e. The molecule has 9 heteroatoms. The summed E-state index contributed by atoms with van der Waals surface area (Å²) in [7, 11) is 1.57. The van der Waals surface area contributed by atoms with Gasteiger partial charge in [0.15, 0.2) is 4.80 Å². The first-order valence-electron chi connectivity index (χ1n) is 13.2. The first-order chi connectivity index (χ1) is 19.9. The molecular weight excluding hydrogens is 538 g/mol. The van der Waals surface area contributed by atoms with Crippen LogP contribution < -0.4 is 24.5 Å². The molecule has 1 atom stereocenters. The van der Waals surface area contributed by atoms with Gasteiger partial charge >= 0.3 is 5.97 Å². The zero-order valence-corrected chi connectivity index (χ0v) is 23.6. The van der Waals surface area contributed by atoms with Crippen molar-refractivity contribution in [3.05, 3.63) is 127 Å². The SMILES string of the molecule is CCOC(=O)C1=C(C)N=c2s/c(=C3\C(=O)N(Cc4ccccc4)c4ccccc43)c(=O)n2C1c1ccc(OC)cc1. The van der Waals surface area contributed by atoms with Gasteiger partial charge in [0.25, 0.3) is 11.5 Å². The zero-order valence-electron chi connectivity index (χ0n) is 22.8. The summed E-state index contributed by atoms with van der Waals surface area (Å²) in [6.07, 6.45) is 0. The lowest BCUT2D eigenvalue weighted by atomic mass is 9.96. The number of hydrogen-bond donors (Lipinski definition) is 0. The average Bonchev–Trinajstić information content (AvgIpc) is 3.45. The molecule has 0 saturated heterocycles. The molecule has 3 aromatic carbocycles. The fraction of sp³-hybridized carbons (Fsp3) is 0.188. The molecule has 0 fully saturated rings. The summed E-state index contributed by atoms with van der Waals surface area (Å²) in [5, 5.41) is 0. The monoisotopic (exact) mass is 565 g/mol. The number of amides is 1. The number of hydrogen-bond acceptors (Lipinski definition) is 7. The van der Waals surface area contributed by atoms with Crippen LogP contribution in [0.3, 0.4) is 0 Å². The number of carbonyl (C=O) groups excluding carboxylic acids is 2. The van der Waals surface area contributed by atoms with Crippen molar-refractivity contribution in [2.45, 2.75) is 26.4 Å². The maximum absolute atomic E-state index is 14.3. The van der Waals surface area contributed by atoms with Gasteiger partial charge in [-0.05, 0) is 43.2 Å². The fourth-order valence-electron chi connectivity index (χ4n) is 5.37. The van der Waals surface area contributed by atoms with E-state index in [4.69, 9.17) is 9.47 Å². The molecule has 0 spiro atoms. The molecule has 1 aromatic heterocycles. The van der Waals surface area contributed by atoms with Crippen LogP contribution in [0.1, 0.15) is 36.6 Å². The Morgan fingerprint density at radius 1 is 0.976 bits per heavy atom. The first-order valence-corrected chi connectivity index (χ1v) is 14.1. The van der Waals surface area contributed by atoms with Gasteiger partial charge in [-0.25, -0.2) is 9.79 Å². The van der Waals surface area contributed by atoms with Gasteiger partial charge in [0, 0.05) is 5.56 Å². The van der Waals surface area contributed by atoms with E-state index in [2.05, 4.69) is 4.99 Å². The molecule has 2 aliphatic rings. The van der Waals surface area contributed by atoms with E-state index in [0.717, 1.165) is 22.6 Å². The Morgan fingerprint density at radius 2 is 1.68 bits per heavy atom. The summed E-state index contributed by atoms with van der Waals surface area (Å²) < 4.78 is 12.5. The highest BCUT2D eigenvalue weighted by Crippen LogP contribution is 2.36. The first kappa shape index (κ1) is 26.5. The number of thiazole rings is 1. The lowest BCUT2D eigenvalue weighted by Crippen LogP contribution is -2.41. The third kappa shape index (κ3) is 4.48. The van der Waals surface area contributed by atoms with E-state index in [1.54, 1.807) is 38.0 Å². The van der Waals surface area contributed by atoms with Crippen molar-refractivity contribution < 1.29 is 19.1 Å². The molecule has 41 heavy (non-hydrogen) atoms. The quantitative estimate of drug-likeness (QED) is 0.333. The highest BCUT2D eigenvalue weighted by Gasteiger charge is 2.37. The van der Waals surface area contributed by atoms with E-state index in [9.17, 15) is 14.4 Å². The van der Waals surface area contributed by atoms with Crippen LogP contribution in [0.2, 0.25) is 0 Å². The number of esters is 1. The van der Waals surface area contributed by atoms with Crippen molar-refractivity contribution in [1.29, 1.82) is 0 Å². The number of fused-ring (bicyclic) bond motifs is 2. The van der Waals surface area contributed by atoms with Crippen LogP contribution in [0.25, 0.3) is 5.57 Å². The Bertz CT molecular complexity index is 1890. The van der Waals surface area contributed by atoms with Crippen LogP contribution in [0.15, 0.2) is 99.9 Å². The van der Waals surface area contributed by atoms with Crippen molar-refractivity contribution >= 4 is 34.5 Å². The summed E-state index contributed by atoms with van der Waals surface area (Å²) >= 11 is 1.16. The third-order valence-corrected chi connectivity index (χ3v) is 8.31. The van der Waals surface area contributed by atoms with E-state index < -0.39 is 12.0 Å². The number of rotatable bonds is 6. The van der Waals surface area contributed by atoms with Crippen LogP contribution in [0, 0.1) is 0 Å². The van der Waals surface area contributed by atoms with Crippen LogP contribution in [0.5, 0.6) is 5.75 Å². The van der Waals surface area contributed by atoms with Crippen molar-refractivity contribution in [2.75, 3.05) is 18.6 Å². The summed E-state index contributed by atoms with van der Waals surface area (Å²) in [5.74, 6) is -0.139. The highest BCUT2D eigenvalue weighted by molar-refractivity contribution is 7.07. The van der Waals surface area contributed by atoms with Gasteiger partial charge in [0.2, 0.25) is 0 Å². The second-order valence-corrected chi connectivity index (χ2v) is 10.6. The predicted octanol–water partition coefficient (Wildman–Crippen LogP) is 3.72. The van der Waals surface area contributed by atoms with Crippen molar-refractivity contribution in [3.63, 3.8) is 0 Å². The van der Waals surface area contributed by atoms with E-state index in [0.29, 0.717) is 39.5 Å². The lowest BCUT2D eigenvalue weighted by molar-refractivity contribution is -0.139. The molecule has 1 amide bonds. The maximum Gasteiger partial charge on any atom is 0.338 e. The third-order valence-electron chi connectivity index (χ3n) is 7.26. The second kappa shape index (κ2) is 10.7. The molecule has 0 N–H and O–H groups in total. The minimum atomic E-state index is -0.780. The Kier molecular flexibility index (Phi) is 6.88. The van der Waals surface area contributed by atoms with E-state index in [-0.39, 0.29) is 28.2 Å². The minimum Gasteiger partial charge on any atom is -0.497 e. The number of nitrogens with zero attached hydrogens (tertiary/aromatic N) is 3. The molecule has 0 saturated carbocycles. The molecule has 2 aliphatic heterocycles. The van der Waals surface area contributed by atoms with Crippen molar-refractivity contribution in [2.24, 2.45) is 4.99 Å². The minimum absolute atomic E-state index is 0.183. The number of benzene rings is 3. The molecule has 3 heterocycles. The fourth-order valence-corrected chi connectivity index (χ4v) is 6.50. The number of para-hydroxylation sites is 1.